The van der Waals surface area contributed by atoms with E-state index in [9.17, 15) is 5.26 Å². The molecule has 0 aliphatic rings. The predicted molar refractivity (Wildman–Crippen MR) is 81.0 cm³/mol. The molecule has 1 aromatic heterocycles. The average molecular weight is 344 g/mol. The smallest absolute Gasteiger partial charge is 0.115 e. The van der Waals surface area contributed by atoms with Crippen molar-refractivity contribution in [3.63, 3.8) is 0 Å². The van der Waals surface area contributed by atoms with E-state index in [1.165, 1.54) is 0 Å². The molecule has 0 bridgehead atoms. The van der Waals surface area contributed by atoms with Crippen LogP contribution in [0.3, 0.4) is 0 Å². The van der Waals surface area contributed by atoms with Crippen LogP contribution in [0.15, 0.2) is 36.5 Å². The van der Waals surface area contributed by atoms with Crippen molar-refractivity contribution < 1.29 is 0 Å². The number of benzene rings is 1. The summed E-state index contributed by atoms with van der Waals surface area (Å²) in [4.78, 5) is 4.26. The van der Waals surface area contributed by atoms with Crippen molar-refractivity contribution in [1.82, 2.24) is 4.98 Å². The average Bonchev–Trinajstić information content (AvgIpc) is 2.35. The quantitative estimate of drug-likeness (QED) is 0.620. The first-order valence-electron chi connectivity index (χ1n) is 5.49. The van der Waals surface area contributed by atoms with Crippen LogP contribution in [0.4, 0.5) is 0 Å². The van der Waals surface area contributed by atoms with Crippen LogP contribution >= 0.6 is 22.6 Å². The van der Waals surface area contributed by atoms with E-state index in [4.69, 9.17) is 7.85 Å². The van der Waals surface area contributed by atoms with Crippen molar-refractivity contribution in [3.8, 4) is 6.07 Å². The van der Waals surface area contributed by atoms with Gasteiger partial charge in [-0.1, -0.05) is 23.7 Å². The molecule has 0 aliphatic heterocycles. The number of aromatic nitrogens is 1. The molecule has 1 unspecified atom stereocenters. The Labute approximate surface area is 122 Å². The Hall–Kier alpha value is -1.35. The summed E-state index contributed by atoms with van der Waals surface area (Å²) in [6, 6.07) is 11.9. The summed E-state index contributed by atoms with van der Waals surface area (Å²) in [5.74, 6) is -0.348. The molecule has 0 fully saturated rings. The normalized spacial score (nSPS) is 11.8. The molecular formula is C14H10BIN2. The van der Waals surface area contributed by atoms with Crippen molar-refractivity contribution in [1.29, 1.82) is 5.26 Å². The molecule has 0 N–H and O–H groups in total. The third-order valence-electron chi connectivity index (χ3n) is 2.79. The SMILES string of the molecule is [B]c1ccc(C(C#N)c2c(C)cccc2I)nc1. The van der Waals surface area contributed by atoms with E-state index in [0.29, 0.717) is 5.46 Å². The number of pyridine rings is 1. The first kappa shape index (κ1) is 13.1. The van der Waals surface area contributed by atoms with Gasteiger partial charge in [0, 0.05) is 9.77 Å². The number of nitrogens with zero attached hydrogens (tertiary/aromatic N) is 2. The first-order chi connectivity index (χ1) is 8.63. The van der Waals surface area contributed by atoms with Crippen LogP contribution in [0, 0.1) is 21.8 Å². The zero-order valence-electron chi connectivity index (χ0n) is 9.89. The van der Waals surface area contributed by atoms with Gasteiger partial charge in [-0.15, -0.1) is 0 Å². The van der Waals surface area contributed by atoms with E-state index in [1.807, 2.05) is 31.2 Å². The van der Waals surface area contributed by atoms with Crippen molar-refractivity contribution in [2.24, 2.45) is 0 Å². The summed E-state index contributed by atoms with van der Waals surface area (Å²) in [5, 5.41) is 9.43. The van der Waals surface area contributed by atoms with Crippen LogP contribution in [0.1, 0.15) is 22.7 Å². The van der Waals surface area contributed by atoms with Crippen molar-refractivity contribution in [2.45, 2.75) is 12.8 Å². The number of hydrogen-bond acceptors (Lipinski definition) is 2. The number of aryl methyl sites for hydroxylation is 1. The Kier molecular flexibility index (Phi) is 4.02. The monoisotopic (exact) mass is 344 g/mol. The summed E-state index contributed by atoms with van der Waals surface area (Å²) < 4.78 is 1.08. The largest absolute Gasteiger partial charge is 0.260 e. The van der Waals surface area contributed by atoms with Crippen molar-refractivity contribution >= 4 is 35.9 Å². The van der Waals surface area contributed by atoms with Crippen LogP contribution in [-0.4, -0.2) is 12.8 Å². The second-order valence-electron chi connectivity index (χ2n) is 4.05. The van der Waals surface area contributed by atoms with Gasteiger partial charge in [-0.2, -0.15) is 5.26 Å². The molecule has 2 rings (SSSR count). The molecule has 2 radical (unpaired) electrons. The summed E-state index contributed by atoms with van der Waals surface area (Å²) in [5.41, 5.74) is 3.47. The lowest BCUT2D eigenvalue weighted by Crippen LogP contribution is -2.09. The molecule has 2 aromatic rings. The van der Waals surface area contributed by atoms with Gasteiger partial charge in [0.05, 0.1) is 11.8 Å². The van der Waals surface area contributed by atoms with E-state index in [0.717, 1.165) is 20.4 Å². The Morgan fingerprint density at radius 1 is 1.33 bits per heavy atom. The molecule has 4 heteroatoms. The van der Waals surface area contributed by atoms with E-state index in [2.05, 4.69) is 33.6 Å². The highest BCUT2D eigenvalue weighted by Gasteiger charge is 2.19. The third kappa shape index (κ3) is 2.56. The van der Waals surface area contributed by atoms with Gasteiger partial charge in [-0.05, 0) is 52.8 Å². The lowest BCUT2D eigenvalue weighted by Gasteiger charge is -2.14. The summed E-state index contributed by atoms with van der Waals surface area (Å²) in [6.07, 6.45) is 1.59. The zero-order valence-corrected chi connectivity index (χ0v) is 12.0. The van der Waals surface area contributed by atoms with E-state index < -0.39 is 0 Å². The highest BCUT2D eigenvalue weighted by molar-refractivity contribution is 14.1. The maximum Gasteiger partial charge on any atom is 0.115 e. The van der Waals surface area contributed by atoms with Crippen molar-refractivity contribution in [3.05, 3.63) is 56.9 Å². The van der Waals surface area contributed by atoms with Crippen LogP contribution in [0.5, 0.6) is 0 Å². The standard InChI is InChI=1S/C14H10BIN2/c1-9-3-2-4-12(16)14(9)11(7-17)13-6-5-10(15)8-18-13/h2-6,8,11H,1H3. The minimum Gasteiger partial charge on any atom is -0.260 e. The first-order valence-corrected chi connectivity index (χ1v) is 6.57. The zero-order chi connectivity index (χ0) is 13.1. The van der Waals surface area contributed by atoms with Gasteiger partial charge in [0.15, 0.2) is 0 Å². The van der Waals surface area contributed by atoms with Crippen LogP contribution < -0.4 is 5.46 Å². The number of nitriles is 1. The van der Waals surface area contributed by atoms with Gasteiger partial charge in [0.1, 0.15) is 13.8 Å². The summed E-state index contributed by atoms with van der Waals surface area (Å²) in [6.45, 7) is 2.01. The minimum atomic E-state index is -0.348. The maximum absolute atomic E-state index is 9.43. The lowest BCUT2D eigenvalue weighted by atomic mass is 9.91. The van der Waals surface area contributed by atoms with Gasteiger partial charge in [-0.3, -0.25) is 4.98 Å². The van der Waals surface area contributed by atoms with Crippen molar-refractivity contribution in [2.75, 3.05) is 0 Å². The molecule has 0 spiro atoms. The molecule has 18 heavy (non-hydrogen) atoms. The molecule has 0 aliphatic carbocycles. The molecule has 0 amide bonds. The second-order valence-corrected chi connectivity index (χ2v) is 5.21. The number of halogens is 1. The fourth-order valence-corrected chi connectivity index (χ4v) is 2.82. The molecule has 0 saturated carbocycles. The van der Waals surface area contributed by atoms with Crippen LogP contribution in [-0.2, 0) is 0 Å². The van der Waals surface area contributed by atoms with Gasteiger partial charge in [-0.25, -0.2) is 0 Å². The van der Waals surface area contributed by atoms with Gasteiger partial charge in [0.2, 0.25) is 0 Å². The Morgan fingerprint density at radius 3 is 2.67 bits per heavy atom. The van der Waals surface area contributed by atoms with Gasteiger partial charge in [0.25, 0.3) is 0 Å². The maximum atomic E-state index is 9.43. The molecule has 86 valence electrons. The molecule has 1 atom stereocenters. The summed E-state index contributed by atoms with van der Waals surface area (Å²) in [7, 11) is 5.62. The Balaban J connectivity index is 2.53. The molecule has 2 nitrogen and oxygen atoms in total. The minimum absolute atomic E-state index is 0.348. The van der Waals surface area contributed by atoms with Gasteiger partial charge < -0.3 is 0 Å². The van der Waals surface area contributed by atoms with E-state index in [1.54, 1.807) is 12.3 Å². The highest BCUT2D eigenvalue weighted by atomic mass is 127. The second kappa shape index (κ2) is 5.53. The molecular weight excluding hydrogens is 334 g/mol. The molecule has 1 heterocycles. The number of hydrogen-bond donors (Lipinski definition) is 0. The fourth-order valence-electron chi connectivity index (χ4n) is 1.88. The van der Waals surface area contributed by atoms with Gasteiger partial charge >= 0.3 is 0 Å². The Morgan fingerprint density at radius 2 is 2.11 bits per heavy atom. The topological polar surface area (TPSA) is 36.7 Å². The fraction of sp³-hybridized carbons (Fsp3) is 0.143. The number of rotatable bonds is 2. The third-order valence-corrected chi connectivity index (χ3v) is 3.73. The predicted octanol–water partition coefficient (Wildman–Crippen LogP) is 2.44. The summed E-state index contributed by atoms with van der Waals surface area (Å²) >= 11 is 2.25. The highest BCUT2D eigenvalue weighted by Crippen LogP contribution is 2.29. The van der Waals surface area contributed by atoms with E-state index in [-0.39, 0.29) is 5.92 Å². The van der Waals surface area contributed by atoms with Crippen LogP contribution in [0.25, 0.3) is 0 Å². The molecule has 0 saturated heterocycles. The van der Waals surface area contributed by atoms with E-state index >= 15 is 0 Å². The Bertz CT molecular complexity index is 582. The molecule has 1 aromatic carbocycles. The lowest BCUT2D eigenvalue weighted by molar-refractivity contribution is 0.949. The van der Waals surface area contributed by atoms with Crippen LogP contribution in [0.2, 0.25) is 0 Å².